The monoisotopic (exact) mass is 382 g/mol. The molecule has 6 nitrogen and oxygen atoms in total. The summed E-state index contributed by atoms with van der Waals surface area (Å²) in [6.45, 7) is 3.95. The molecule has 2 aromatic rings. The molecule has 1 amide bonds. The smallest absolute Gasteiger partial charge is 0.254 e. The third-order valence-electron chi connectivity index (χ3n) is 5.33. The lowest BCUT2D eigenvalue weighted by Crippen LogP contribution is -2.48. The van der Waals surface area contributed by atoms with Gasteiger partial charge in [0, 0.05) is 38.3 Å². The molecule has 1 unspecified atom stereocenters. The van der Waals surface area contributed by atoms with Gasteiger partial charge < -0.3 is 24.4 Å². The minimum atomic E-state index is 0.0134. The molecule has 2 aliphatic rings. The van der Waals surface area contributed by atoms with E-state index >= 15 is 0 Å². The van der Waals surface area contributed by atoms with Crippen LogP contribution in [0, 0.1) is 0 Å². The second-order valence-electron chi connectivity index (χ2n) is 7.24. The summed E-state index contributed by atoms with van der Waals surface area (Å²) >= 11 is 0. The van der Waals surface area contributed by atoms with E-state index in [2.05, 4.69) is 4.90 Å². The Balaban J connectivity index is 1.34. The first-order valence-corrected chi connectivity index (χ1v) is 9.87. The van der Waals surface area contributed by atoms with E-state index in [1.165, 1.54) is 0 Å². The first kappa shape index (κ1) is 18.6. The number of hydrogen-bond donors (Lipinski definition) is 1. The van der Waals surface area contributed by atoms with Crippen molar-refractivity contribution in [2.45, 2.75) is 18.9 Å². The fourth-order valence-corrected chi connectivity index (χ4v) is 3.75. The Morgan fingerprint density at radius 3 is 2.68 bits per heavy atom. The van der Waals surface area contributed by atoms with Gasteiger partial charge in [0.2, 0.25) is 0 Å². The van der Waals surface area contributed by atoms with Crippen LogP contribution in [-0.2, 0) is 4.74 Å². The average molecular weight is 382 g/mol. The highest BCUT2D eigenvalue weighted by Gasteiger charge is 2.24. The quantitative estimate of drug-likeness (QED) is 0.862. The lowest BCUT2D eigenvalue weighted by molar-refractivity contribution is 0.0677. The van der Waals surface area contributed by atoms with E-state index in [0.29, 0.717) is 44.1 Å². The number of benzene rings is 2. The van der Waals surface area contributed by atoms with Gasteiger partial charge in [-0.25, -0.2) is 0 Å². The number of phenolic OH excluding ortho intramolecular Hbond substituents is 1. The van der Waals surface area contributed by atoms with E-state index in [0.717, 1.165) is 25.1 Å². The molecule has 2 aliphatic heterocycles. The predicted octanol–water partition coefficient (Wildman–Crippen LogP) is 2.91. The number of carbonyl (C=O) groups excluding carboxylic acids is 1. The first-order valence-electron chi connectivity index (χ1n) is 9.87. The maximum atomic E-state index is 12.9. The maximum absolute atomic E-state index is 12.9. The van der Waals surface area contributed by atoms with Gasteiger partial charge in [0.25, 0.3) is 5.91 Å². The number of hydrogen-bond acceptors (Lipinski definition) is 5. The van der Waals surface area contributed by atoms with Gasteiger partial charge >= 0.3 is 0 Å². The number of rotatable bonds is 5. The number of piperazine rings is 1. The van der Waals surface area contributed by atoms with Gasteiger partial charge in [0.15, 0.2) is 0 Å². The van der Waals surface area contributed by atoms with Gasteiger partial charge in [-0.2, -0.15) is 0 Å². The second kappa shape index (κ2) is 8.52. The van der Waals surface area contributed by atoms with Crippen LogP contribution in [0.25, 0.3) is 0 Å². The van der Waals surface area contributed by atoms with Gasteiger partial charge in [0.1, 0.15) is 18.1 Å². The minimum absolute atomic E-state index is 0.0134. The number of nitrogens with zero attached hydrogens (tertiary/aromatic N) is 2. The van der Waals surface area contributed by atoms with Crippen molar-refractivity contribution in [3.8, 4) is 11.5 Å². The Hall–Kier alpha value is -2.73. The SMILES string of the molecule is O=C(c1cccc(OCC2CCCO2)c1)N1CCN(c2ccccc2O)CC1. The van der Waals surface area contributed by atoms with Crippen LogP contribution in [0.3, 0.4) is 0 Å². The maximum Gasteiger partial charge on any atom is 0.254 e. The zero-order chi connectivity index (χ0) is 19.3. The Kier molecular flexibility index (Phi) is 5.67. The molecule has 0 spiro atoms. The van der Waals surface area contributed by atoms with Crippen molar-refractivity contribution in [3.05, 3.63) is 54.1 Å². The first-order chi connectivity index (χ1) is 13.7. The fourth-order valence-electron chi connectivity index (χ4n) is 3.75. The van der Waals surface area contributed by atoms with Crippen LogP contribution in [0.2, 0.25) is 0 Å². The molecule has 2 fully saturated rings. The Morgan fingerprint density at radius 2 is 1.93 bits per heavy atom. The lowest BCUT2D eigenvalue weighted by Gasteiger charge is -2.36. The van der Waals surface area contributed by atoms with E-state index in [1.54, 1.807) is 6.07 Å². The summed E-state index contributed by atoms with van der Waals surface area (Å²) in [6, 6.07) is 14.7. The van der Waals surface area contributed by atoms with Crippen molar-refractivity contribution in [1.29, 1.82) is 0 Å². The van der Waals surface area contributed by atoms with Crippen molar-refractivity contribution in [2.75, 3.05) is 44.3 Å². The van der Waals surface area contributed by atoms with Crippen LogP contribution in [0.4, 0.5) is 5.69 Å². The predicted molar refractivity (Wildman–Crippen MR) is 107 cm³/mol. The van der Waals surface area contributed by atoms with Crippen molar-refractivity contribution in [2.24, 2.45) is 0 Å². The van der Waals surface area contributed by atoms with Crippen LogP contribution in [-0.4, -0.2) is 61.4 Å². The highest BCUT2D eigenvalue weighted by Crippen LogP contribution is 2.27. The summed E-state index contributed by atoms with van der Waals surface area (Å²) in [5.41, 5.74) is 1.46. The fraction of sp³-hybridized carbons (Fsp3) is 0.409. The van der Waals surface area contributed by atoms with E-state index in [4.69, 9.17) is 9.47 Å². The molecule has 6 heteroatoms. The summed E-state index contributed by atoms with van der Waals surface area (Å²) in [7, 11) is 0. The van der Waals surface area contributed by atoms with Crippen LogP contribution >= 0.6 is 0 Å². The molecule has 1 atom stereocenters. The number of aromatic hydroxyl groups is 1. The molecule has 148 valence electrons. The van der Waals surface area contributed by atoms with Gasteiger partial charge in [-0.1, -0.05) is 18.2 Å². The summed E-state index contributed by atoms with van der Waals surface area (Å²) < 4.78 is 11.4. The Labute approximate surface area is 165 Å². The molecule has 4 rings (SSSR count). The number of amides is 1. The largest absolute Gasteiger partial charge is 0.506 e. The summed E-state index contributed by atoms with van der Waals surface area (Å²) in [4.78, 5) is 16.9. The zero-order valence-corrected chi connectivity index (χ0v) is 15.9. The number of para-hydroxylation sites is 2. The second-order valence-corrected chi connectivity index (χ2v) is 7.24. The standard InChI is InChI=1S/C22H26N2O4/c25-21-9-2-1-8-20(21)23-10-12-24(13-11-23)22(26)17-5-3-6-18(15-17)28-16-19-7-4-14-27-19/h1-3,5-6,8-9,15,19,25H,4,7,10-14,16H2. The number of ether oxygens (including phenoxy) is 2. The van der Waals surface area contributed by atoms with Gasteiger partial charge in [-0.05, 0) is 43.2 Å². The summed E-state index contributed by atoms with van der Waals surface area (Å²) in [5.74, 6) is 0.993. The minimum Gasteiger partial charge on any atom is -0.506 e. The molecule has 28 heavy (non-hydrogen) atoms. The summed E-state index contributed by atoms with van der Waals surface area (Å²) in [6.07, 6.45) is 2.26. The van der Waals surface area contributed by atoms with Crippen LogP contribution in [0.15, 0.2) is 48.5 Å². The highest BCUT2D eigenvalue weighted by molar-refractivity contribution is 5.94. The van der Waals surface area contributed by atoms with Crippen molar-refractivity contribution in [1.82, 2.24) is 4.90 Å². The van der Waals surface area contributed by atoms with Crippen LogP contribution in [0.1, 0.15) is 23.2 Å². The van der Waals surface area contributed by atoms with Gasteiger partial charge in [0.05, 0.1) is 11.8 Å². The molecular weight excluding hydrogens is 356 g/mol. The molecule has 0 bridgehead atoms. The Morgan fingerprint density at radius 1 is 1.11 bits per heavy atom. The van der Waals surface area contributed by atoms with Gasteiger partial charge in [-0.3, -0.25) is 4.79 Å². The third-order valence-corrected chi connectivity index (χ3v) is 5.33. The van der Waals surface area contributed by atoms with Crippen molar-refractivity contribution < 1.29 is 19.4 Å². The Bertz CT molecular complexity index is 812. The normalized spacial score (nSPS) is 19.6. The van der Waals surface area contributed by atoms with Crippen molar-refractivity contribution in [3.63, 3.8) is 0 Å². The zero-order valence-electron chi connectivity index (χ0n) is 15.9. The highest BCUT2D eigenvalue weighted by atomic mass is 16.5. The summed E-state index contributed by atoms with van der Waals surface area (Å²) in [5, 5.41) is 10.0. The molecule has 2 heterocycles. The van der Waals surface area contributed by atoms with E-state index in [9.17, 15) is 9.90 Å². The molecule has 0 aliphatic carbocycles. The molecule has 2 saturated heterocycles. The number of anilines is 1. The third kappa shape index (κ3) is 4.22. The molecule has 0 aromatic heterocycles. The lowest BCUT2D eigenvalue weighted by atomic mass is 10.1. The molecular formula is C22H26N2O4. The molecule has 0 saturated carbocycles. The van der Waals surface area contributed by atoms with E-state index < -0.39 is 0 Å². The number of carbonyl (C=O) groups is 1. The topological polar surface area (TPSA) is 62.2 Å². The average Bonchev–Trinajstić information content (AvgIpc) is 3.26. The molecule has 2 aromatic carbocycles. The van der Waals surface area contributed by atoms with Crippen LogP contribution < -0.4 is 9.64 Å². The van der Waals surface area contributed by atoms with E-state index in [-0.39, 0.29) is 17.8 Å². The molecule has 1 N–H and O–H groups in total. The number of phenols is 1. The van der Waals surface area contributed by atoms with Gasteiger partial charge in [-0.15, -0.1) is 0 Å². The molecule has 0 radical (unpaired) electrons. The van der Waals surface area contributed by atoms with Crippen molar-refractivity contribution >= 4 is 11.6 Å². The van der Waals surface area contributed by atoms with E-state index in [1.807, 2.05) is 47.4 Å². The van der Waals surface area contributed by atoms with Crippen LogP contribution in [0.5, 0.6) is 11.5 Å².